The predicted octanol–water partition coefficient (Wildman–Crippen LogP) is 3.25. The zero-order valence-corrected chi connectivity index (χ0v) is 15.3. The molecule has 1 atom stereocenters. The van der Waals surface area contributed by atoms with Crippen LogP contribution in [0.2, 0.25) is 0 Å². The number of pyridine rings is 1. The highest BCUT2D eigenvalue weighted by Gasteiger charge is 2.26. The van der Waals surface area contributed by atoms with Gasteiger partial charge in [0.05, 0.1) is 16.9 Å². The van der Waals surface area contributed by atoms with Crippen molar-refractivity contribution in [1.82, 2.24) is 15.3 Å². The minimum atomic E-state index is -0.629. The van der Waals surface area contributed by atoms with Gasteiger partial charge in [0, 0.05) is 31.9 Å². The Bertz CT molecular complexity index is 880. The van der Waals surface area contributed by atoms with Crippen molar-refractivity contribution in [2.45, 2.75) is 6.04 Å². The maximum atomic E-state index is 13.9. The lowest BCUT2D eigenvalue weighted by molar-refractivity contribution is 0.266. The number of benzene rings is 1. The van der Waals surface area contributed by atoms with Crippen LogP contribution in [0, 0.1) is 11.6 Å². The quantitative estimate of drug-likeness (QED) is 0.731. The minimum absolute atomic E-state index is 0. The molecule has 1 fully saturated rings. The average Bonchev–Trinajstić information content (AvgIpc) is 3.05. The van der Waals surface area contributed by atoms with Crippen molar-refractivity contribution < 1.29 is 13.5 Å². The molecule has 4 rings (SSSR count). The molecule has 138 valence electrons. The Morgan fingerprint density at radius 2 is 2.23 bits per heavy atom. The number of aromatic nitrogens is 2. The lowest BCUT2D eigenvalue weighted by atomic mass is 10.2. The summed E-state index contributed by atoms with van der Waals surface area (Å²) in [7, 11) is 0. The Morgan fingerprint density at radius 3 is 3.04 bits per heavy atom. The lowest BCUT2D eigenvalue weighted by Crippen LogP contribution is -2.54. The Balaban J connectivity index is 0.00000196. The third-order valence-electron chi connectivity index (χ3n) is 4.07. The van der Waals surface area contributed by atoms with E-state index in [9.17, 15) is 8.78 Å². The fourth-order valence-corrected chi connectivity index (χ4v) is 3.96. The summed E-state index contributed by atoms with van der Waals surface area (Å²) in [5, 5.41) is 4.01. The van der Waals surface area contributed by atoms with Crippen LogP contribution in [-0.4, -0.2) is 42.3 Å². The summed E-state index contributed by atoms with van der Waals surface area (Å²) in [5.41, 5.74) is 0.215. The summed E-state index contributed by atoms with van der Waals surface area (Å²) < 4.78 is 33.7. The molecule has 0 radical (unpaired) electrons. The lowest BCUT2D eigenvalue weighted by Gasteiger charge is -2.35. The van der Waals surface area contributed by atoms with E-state index in [0.717, 1.165) is 25.7 Å². The van der Waals surface area contributed by atoms with Crippen LogP contribution in [0.3, 0.4) is 0 Å². The first-order valence-electron chi connectivity index (χ1n) is 7.96. The number of thiazole rings is 1. The number of anilines is 1. The highest BCUT2D eigenvalue weighted by Crippen LogP contribution is 2.32. The Labute approximate surface area is 159 Å². The van der Waals surface area contributed by atoms with E-state index in [4.69, 9.17) is 4.74 Å². The van der Waals surface area contributed by atoms with Gasteiger partial charge in [0.15, 0.2) is 10.9 Å². The second-order valence-electron chi connectivity index (χ2n) is 5.78. The van der Waals surface area contributed by atoms with Crippen LogP contribution >= 0.6 is 23.7 Å². The number of hydrogen-bond acceptors (Lipinski definition) is 6. The van der Waals surface area contributed by atoms with Crippen LogP contribution < -0.4 is 15.0 Å². The van der Waals surface area contributed by atoms with Crippen molar-refractivity contribution in [2.75, 3.05) is 31.1 Å². The number of ether oxygens (including phenoxy) is 1. The highest BCUT2D eigenvalue weighted by atomic mass is 35.5. The summed E-state index contributed by atoms with van der Waals surface area (Å²) in [4.78, 5) is 10.5. The van der Waals surface area contributed by atoms with Crippen molar-refractivity contribution in [3.63, 3.8) is 0 Å². The molecule has 26 heavy (non-hydrogen) atoms. The van der Waals surface area contributed by atoms with E-state index >= 15 is 0 Å². The topological polar surface area (TPSA) is 50.3 Å². The number of rotatable bonds is 4. The summed E-state index contributed by atoms with van der Waals surface area (Å²) in [6.07, 6.45) is 3.35. The third-order valence-corrected chi connectivity index (χ3v) is 5.11. The van der Waals surface area contributed by atoms with E-state index in [1.165, 1.54) is 17.4 Å². The molecule has 1 unspecified atom stereocenters. The van der Waals surface area contributed by atoms with Crippen LogP contribution in [0.1, 0.15) is 0 Å². The van der Waals surface area contributed by atoms with E-state index in [1.807, 2.05) is 12.1 Å². The van der Waals surface area contributed by atoms with Gasteiger partial charge in [-0.1, -0.05) is 11.3 Å². The molecule has 1 aliphatic rings. The van der Waals surface area contributed by atoms with Gasteiger partial charge in [-0.15, -0.1) is 12.4 Å². The van der Waals surface area contributed by atoms with Gasteiger partial charge in [-0.25, -0.2) is 13.8 Å². The molecular weight excluding hydrogens is 382 g/mol. The van der Waals surface area contributed by atoms with E-state index in [-0.39, 0.29) is 24.0 Å². The number of fused-ring (bicyclic) bond motifs is 1. The Hall–Kier alpha value is -2.03. The smallest absolute Gasteiger partial charge is 0.187 e. The highest BCUT2D eigenvalue weighted by molar-refractivity contribution is 7.22. The molecule has 3 aromatic rings. The number of nitrogens with zero attached hydrogens (tertiary/aromatic N) is 3. The fourth-order valence-electron chi connectivity index (χ4n) is 2.85. The van der Waals surface area contributed by atoms with Crippen LogP contribution in [0.25, 0.3) is 10.2 Å². The molecular formula is C17H17ClF2N4OS. The Kier molecular flexibility index (Phi) is 5.85. The first-order chi connectivity index (χ1) is 12.2. The molecule has 9 heteroatoms. The van der Waals surface area contributed by atoms with E-state index < -0.39 is 11.6 Å². The second-order valence-corrected chi connectivity index (χ2v) is 6.79. The molecule has 1 aromatic carbocycles. The molecule has 1 N–H and O–H groups in total. The van der Waals surface area contributed by atoms with Crippen molar-refractivity contribution in [2.24, 2.45) is 0 Å². The second kappa shape index (κ2) is 8.11. The molecule has 3 heterocycles. The molecule has 2 aromatic heterocycles. The number of piperazine rings is 1. The van der Waals surface area contributed by atoms with E-state index in [1.54, 1.807) is 12.4 Å². The molecule has 1 saturated heterocycles. The third kappa shape index (κ3) is 3.87. The van der Waals surface area contributed by atoms with Crippen molar-refractivity contribution >= 4 is 39.1 Å². The average molecular weight is 399 g/mol. The van der Waals surface area contributed by atoms with Gasteiger partial charge in [-0.05, 0) is 18.2 Å². The van der Waals surface area contributed by atoms with Gasteiger partial charge < -0.3 is 15.0 Å². The maximum Gasteiger partial charge on any atom is 0.187 e. The standard InChI is InChI=1S/C17H16F2N4OS.ClH/c18-11-6-14(19)16-15(7-11)25-17(22-16)23-5-4-21-8-12(23)10-24-13-2-1-3-20-9-13;/h1-3,6-7,9,12,21H,4-5,8,10H2;1H. The number of hydrogen-bond donors (Lipinski definition) is 1. The Morgan fingerprint density at radius 1 is 1.35 bits per heavy atom. The number of nitrogens with one attached hydrogen (secondary N) is 1. The molecule has 0 saturated carbocycles. The van der Waals surface area contributed by atoms with E-state index in [0.29, 0.717) is 22.2 Å². The van der Waals surface area contributed by atoms with E-state index in [2.05, 4.69) is 20.2 Å². The number of halogens is 3. The van der Waals surface area contributed by atoms with Gasteiger partial charge in [0.2, 0.25) is 0 Å². The summed E-state index contributed by atoms with van der Waals surface area (Å²) in [6.45, 7) is 2.71. The molecule has 0 bridgehead atoms. The molecule has 0 aliphatic carbocycles. The van der Waals surface area contributed by atoms with Crippen molar-refractivity contribution in [3.8, 4) is 5.75 Å². The summed E-state index contributed by atoms with van der Waals surface area (Å²) >= 11 is 1.30. The molecule has 0 spiro atoms. The maximum absolute atomic E-state index is 13.9. The van der Waals surface area contributed by atoms with Crippen molar-refractivity contribution in [1.29, 1.82) is 0 Å². The zero-order chi connectivity index (χ0) is 17.2. The monoisotopic (exact) mass is 398 g/mol. The first kappa shape index (κ1) is 18.8. The van der Waals surface area contributed by atoms with Gasteiger partial charge in [-0.2, -0.15) is 0 Å². The largest absolute Gasteiger partial charge is 0.490 e. The van der Waals surface area contributed by atoms with Crippen LogP contribution in [-0.2, 0) is 0 Å². The molecule has 5 nitrogen and oxygen atoms in total. The normalized spacial score (nSPS) is 17.2. The SMILES string of the molecule is Cl.Fc1cc(F)c2nc(N3CCNCC3COc3cccnc3)sc2c1. The van der Waals surface area contributed by atoms with Gasteiger partial charge in [0.25, 0.3) is 0 Å². The van der Waals surface area contributed by atoms with Crippen molar-refractivity contribution in [3.05, 3.63) is 48.3 Å². The first-order valence-corrected chi connectivity index (χ1v) is 8.78. The summed E-state index contributed by atoms with van der Waals surface area (Å²) in [6, 6.07) is 5.90. The molecule has 0 amide bonds. The summed E-state index contributed by atoms with van der Waals surface area (Å²) in [5.74, 6) is -0.516. The van der Waals surface area contributed by atoms with Gasteiger partial charge in [-0.3, -0.25) is 4.98 Å². The van der Waals surface area contributed by atoms with Gasteiger partial charge >= 0.3 is 0 Å². The van der Waals surface area contributed by atoms with Crippen LogP contribution in [0.5, 0.6) is 5.75 Å². The predicted molar refractivity (Wildman–Crippen MR) is 101 cm³/mol. The van der Waals surface area contributed by atoms with Crippen LogP contribution in [0.4, 0.5) is 13.9 Å². The van der Waals surface area contributed by atoms with Crippen LogP contribution in [0.15, 0.2) is 36.7 Å². The zero-order valence-electron chi connectivity index (χ0n) is 13.7. The fraction of sp³-hybridized carbons (Fsp3) is 0.294. The minimum Gasteiger partial charge on any atom is -0.490 e. The molecule has 1 aliphatic heterocycles. The van der Waals surface area contributed by atoms with Gasteiger partial charge in [0.1, 0.15) is 23.7 Å².